The fourth-order valence-electron chi connectivity index (χ4n) is 2.70. The van der Waals surface area contributed by atoms with Gasteiger partial charge in [-0.05, 0) is 29.8 Å². The van der Waals surface area contributed by atoms with E-state index in [1.54, 1.807) is 48.5 Å². The van der Waals surface area contributed by atoms with Gasteiger partial charge in [0.25, 0.3) is 0 Å². The van der Waals surface area contributed by atoms with Crippen LogP contribution in [-0.2, 0) is 14.2 Å². The molecule has 0 radical (unpaired) electrons. The number of hydrogen-bond acceptors (Lipinski definition) is 6. The van der Waals surface area contributed by atoms with Crippen molar-refractivity contribution < 1.29 is 28.2 Å². The normalized spacial score (nSPS) is 23.5. The summed E-state index contributed by atoms with van der Waals surface area (Å²) in [4.78, 5) is 26.9. The Balaban J connectivity index is 1.70. The topological polar surface area (TPSA) is 111 Å². The van der Waals surface area contributed by atoms with Gasteiger partial charge in [0, 0.05) is 4.91 Å². The van der Waals surface area contributed by atoms with Gasteiger partial charge in [0.15, 0.2) is 18.5 Å². The van der Waals surface area contributed by atoms with Crippen LogP contribution in [0.5, 0.6) is 0 Å². The molecule has 1 fully saturated rings. The molecule has 1 aliphatic heterocycles. The molecule has 0 amide bonds. The first kappa shape index (κ1) is 19.3. The number of halogens is 1. The number of carbonyl (C=O) groups excluding carboxylic acids is 2. The van der Waals surface area contributed by atoms with E-state index in [1.807, 2.05) is 0 Å². The van der Waals surface area contributed by atoms with Crippen LogP contribution >= 0.6 is 0 Å². The van der Waals surface area contributed by atoms with Crippen LogP contribution in [0, 0.1) is 0 Å². The third-order valence-corrected chi connectivity index (χ3v) is 4.07. The lowest BCUT2D eigenvalue weighted by Gasteiger charge is -2.20. The number of alkyl halides is 1. The maximum Gasteiger partial charge on any atom is 0.338 e. The summed E-state index contributed by atoms with van der Waals surface area (Å²) in [5, 5.41) is 3.22. The lowest BCUT2D eigenvalue weighted by Crippen LogP contribution is -2.37. The van der Waals surface area contributed by atoms with Crippen molar-refractivity contribution in [3.63, 3.8) is 0 Å². The molecule has 2 aromatic rings. The van der Waals surface area contributed by atoms with Gasteiger partial charge in [0.2, 0.25) is 0 Å². The van der Waals surface area contributed by atoms with Crippen molar-refractivity contribution in [2.45, 2.75) is 24.6 Å². The Morgan fingerprint density at radius 1 is 1.04 bits per heavy atom. The van der Waals surface area contributed by atoms with Crippen LogP contribution in [0.2, 0.25) is 0 Å². The molecule has 0 N–H and O–H groups in total. The summed E-state index contributed by atoms with van der Waals surface area (Å²) in [7, 11) is 0. The predicted molar refractivity (Wildman–Crippen MR) is 95.1 cm³/mol. The van der Waals surface area contributed by atoms with E-state index in [0.717, 1.165) is 0 Å². The van der Waals surface area contributed by atoms with E-state index in [2.05, 4.69) is 10.0 Å². The molecule has 0 saturated carbocycles. The zero-order valence-electron chi connectivity index (χ0n) is 14.6. The lowest BCUT2D eigenvalue weighted by atomic mass is 10.1. The molecule has 0 aromatic heterocycles. The standard InChI is InChI=1S/C19H16FN3O5/c20-15-16(28-19(25)13-9-5-2-6-10-13)14(27-17(15)22-23-21)11-26-18(24)12-7-3-1-4-8-12/h1-10,14-17H,11H2/t14-,15+,16-,17+/m1/s1. The Morgan fingerprint density at radius 2 is 1.61 bits per heavy atom. The Hall–Kier alpha value is -3.42. The summed E-state index contributed by atoms with van der Waals surface area (Å²) < 4.78 is 30.3. The van der Waals surface area contributed by atoms with Crippen molar-refractivity contribution in [3.05, 3.63) is 82.2 Å². The van der Waals surface area contributed by atoms with Crippen LogP contribution in [0.15, 0.2) is 65.8 Å². The fraction of sp³-hybridized carbons (Fsp3) is 0.263. The molecule has 3 rings (SSSR count). The number of esters is 2. The molecule has 1 aliphatic rings. The van der Waals surface area contributed by atoms with E-state index in [4.69, 9.17) is 19.7 Å². The van der Waals surface area contributed by atoms with Gasteiger partial charge >= 0.3 is 11.9 Å². The second-order valence-corrected chi connectivity index (χ2v) is 5.91. The van der Waals surface area contributed by atoms with Gasteiger partial charge in [-0.25, -0.2) is 14.0 Å². The smallest absolute Gasteiger partial charge is 0.338 e. The summed E-state index contributed by atoms with van der Waals surface area (Å²) >= 11 is 0. The van der Waals surface area contributed by atoms with Gasteiger partial charge in [-0.15, -0.1) is 0 Å². The minimum absolute atomic E-state index is 0.224. The summed E-state index contributed by atoms with van der Waals surface area (Å²) in [6.07, 6.45) is -5.90. The van der Waals surface area contributed by atoms with Crippen molar-refractivity contribution >= 4 is 11.9 Å². The maximum absolute atomic E-state index is 14.6. The quantitative estimate of drug-likeness (QED) is 0.327. The van der Waals surface area contributed by atoms with E-state index in [1.165, 1.54) is 12.1 Å². The summed E-state index contributed by atoms with van der Waals surface area (Å²) in [6, 6.07) is 16.2. The number of ether oxygens (including phenoxy) is 3. The highest BCUT2D eigenvalue weighted by atomic mass is 19.1. The minimum atomic E-state index is -1.90. The highest BCUT2D eigenvalue weighted by Crippen LogP contribution is 2.29. The lowest BCUT2D eigenvalue weighted by molar-refractivity contribution is -0.0416. The van der Waals surface area contributed by atoms with Crippen LogP contribution in [-0.4, -0.2) is 43.2 Å². The molecule has 9 heteroatoms. The molecule has 1 heterocycles. The number of carbonyl (C=O) groups is 2. The van der Waals surface area contributed by atoms with Gasteiger partial charge in [0.05, 0.1) is 11.1 Å². The molecule has 0 unspecified atom stereocenters. The molecule has 1 saturated heterocycles. The summed E-state index contributed by atoms with van der Waals surface area (Å²) in [5.74, 6) is -1.40. The largest absolute Gasteiger partial charge is 0.459 e. The van der Waals surface area contributed by atoms with Crippen LogP contribution < -0.4 is 0 Å². The van der Waals surface area contributed by atoms with E-state index < -0.39 is 36.5 Å². The molecule has 2 aromatic carbocycles. The van der Waals surface area contributed by atoms with Gasteiger partial charge in [-0.1, -0.05) is 41.5 Å². The van der Waals surface area contributed by atoms with Gasteiger partial charge in [-0.2, -0.15) is 0 Å². The predicted octanol–water partition coefficient (Wildman–Crippen LogP) is 3.44. The number of hydrogen-bond donors (Lipinski definition) is 0. The monoisotopic (exact) mass is 385 g/mol. The Bertz CT molecular complexity index is 874. The third-order valence-electron chi connectivity index (χ3n) is 4.07. The molecule has 144 valence electrons. The zero-order chi connectivity index (χ0) is 19.9. The molecule has 8 nitrogen and oxygen atoms in total. The van der Waals surface area contributed by atoms with Crippen molar-refractivity contribution in [2.75, 3.05) is 6.61 Å². The summed E-state index contributed by atoms with van der Waals surface area (Å²) in [5.41, 5.74) is 9.09. The van der Waals surface area contributed by atoms with E-state index in [9.17, 15) is 14.0 Å². The third kappa shape index (κ3) is 4.46. The van der Waals surface area contributed by atoms with E-state index >= 15 is 0 Å². The fourth-order valence-corrected chi connectivity index (χ4v) is 2.70. The second-order valence-electron chi connectivity index (χ2n) is 5.91. The average molecular weight is 385 g/mol. The first-order chi connectivity index (χ1) is 13.6. The molecule has 0 aliphatic carbocycles. The van der Waals surface area contributed by atoms with Gasteiger partial charge < -0.3 is 14.2 Å². The van der Waals surface area contributed by atoms with Gasteiger partial charge in [0.1, 0.15) is 12.7 Å². The van der Waals surface area contributed by atoms with E-state index in [-0.39, 0.29) is 12.2 Å². The molecular formula is C19H16FN3O5. The molecule has 0 bridgehead atoms. The molecular weight excluding hydrogens is 369 g/mol. The van der Waals surface area contributed by atoms with Crippen LogP contribution in [0.25, 0.3) is 10.4 Å². The minimum Gasteiger partial charge on any atom is -0.459 e. The highest BCUT2D eigenvalue weighted by molar-refractivity contribution is 5.90. The average Bonchev–Trinajstić information content (AvgIpc) is 3.02. The number of benzene rings is 2. The van der Waals surface area contributed by atoms with Crippen LogP contribution in [0.3, 0.4) is 0 Å². The maximum atomic E-state index is 14.6. The van der Waals surface area contributed by atoms with Crippen molar-refractivity contribution in [1.82, 2.24) is 0 Å². The van der Waals surface area contributed by atoms with Gasteiger partial charge in [-0.3, -0.25) is 0 Å². The summed E-state index contributed by atoms with van der Waals surface area (Å²) in [6.45, 7) is -0.377. The van der Waals surface area contributed by atoms with Crippen LogP contribution in [0.4, 0.5) is 4.39 Å². The second kappa shape index (κ2) is 8.98. The zero-order valence-corrected chi connectivity index (χ0v) is 14.6. The number of azide groups is 1. The highest BCUT2D eigenvalue weighted by Gasteiger charge is 2.48. The van der Waals surface area contributed by atoms with Crippen molar-refractivity contribution in [2.24, 2.45) is 5.11 Å². The Kier molecular flexibility index (Phi) is 6.21. The molecule has 0 spiro atoms. The van der Waals surface area contributed by atoms with E-state index in [0.29, 0.717) is 5.56 Å². The molecule has 4 atom stereocenters. The Morgan fingerprint density at radius 3 is 2.18 bits per heavy atom. The Labute approximate surface area is 159 Å². The first-order valence-electron chi connectivity index (χ1n) is 8.42. The number of rotatable bonds is 6. The molecule has 28 heavy (non-hydrogen) atoms. The van der Waals surface area contributed by atoms with Crippen molar-refractivity contribution in [3.8, 4) is 0 Å². The number of nitrogens with zero attached hydrogens (tertiary/aromatic N) is 3. The SMILES string of the molecule is [N-]=[N+]=N[C@H]1O[C@H](COC(=O)c2ccccc2)[C@@H](OC(=O)c2ccccc2)[C@@H]1F. The first-order valence-corrected chi connectivity index (χ1v) is 8.42. The van der Waals surface area contributed by atoms with Crippen LogP contribution in [0.1, 0.15) is 20.7 Å². The van der Waals surface area contributed by atoms with Crippen molar-refractivity contribution in [1.29, 1.82) is 0 Å².